The molecule has 1 aliphatic heterocycles. The van der Waals surface area contributed by atoms with Crippen LogP contribution in [0.3, 0.4) is 0 Å². The van der Waals surface area contributed by atoms with Crippen LogP contribution < -0.4 is 11.1 Å². The highest BCUT2D eigenvalue weighted by Crippen LogP contribution is 2.15. The largest absolute Gasteiger partial charge is 0.327 e. The molecule has 2 atom stereocenters. The van der Waals surface area contributed by atoms with Crippen molar-refractivity contribution < 1.29 is 0 Å². The number of nitrogens with two attached hydrogens (primary N) is 1. The second-order valence-corrected chi connectivity index (χ2v) is 3.56. The number of rotatable bonds is 3. The Labute approximate surface area is 69.5 Å². The fourth-order valence-electron chi connectivity index (χ4n) is 1.73. The van der Waals surface area contributed by atoms with Gasteiger partial charge in [-0.25, -0.2) is 0 Å². The standard InChI is InChI=1S/C9H20N2/c1-2-3-4-8-7-11-6-5-9(8)10/h8-9,11H,2-7,10H2,1H3. The summed E-state index contributed by atoms with van der Waals surface area (Å²) in [5.41, 5.74) is 5.98. The molecule has 0 radical (unpaired) electrons. The SMILES string of the molecule is CCCCC1CNCCC1N. The highest BCUT2D eigenvalue weighted by atomic mass is 14.9. The van der Waals surface area contributed by atoms with E-state index in [1.54, 1.807) is 0 Å². The summed E-state index contributed by atoms with van der Waals surface area (Å²) in [5.74, 6) is 0.740. The van der Waals surface area contributed by atoms with Crippen LogP contribution in [0.5, 0.6) is 0 Å². The van der Waals surface area contributed by atoms with Crippen LogP contribution in [0.1, 0.15) is 32.6 Å². The van der Waals surface area contributed by atoms with Crippen LogP contribution in [0.2, 0.25) is 0 Å². The van der Waals surface area contributed by atoms with Crippen molar-refractivity contribution in [3.63, 3.8) is 0 Å². The third-order valence-corrected chi connectivity index (χ3v) is 2.59. The van der Waals surface area contributed by atoms with Gasteiger partial charge in [-0.3, -0.25) is 0 Å². The summed E-state index contributed by atoms with van der Waals surface area (Å²) in [6.45, 7) is 4.49. The molecule has 0 saturated carbocycles. The Hall–Kier alpha value is -0.0800. The van der Waals surface area contributed by atoms with Crippen LogP contribution in [-0.4, -0.2) is 19.1 Å². The van der Waals surface area contributed by atoms with Gasteiger partial charge in [0, 0.05) is 6.04 Å². The molecule has 0 aliphatic carbocycles. The van der Waals surface area contributed by atoms with E-state index < -0.39 is 0 Å². The monoisotopic (exact) mass is 156 g/mol. The Morgan fingerprint density at radius 3 is 3.00 bits per heavy atom. The van der Waals surface area contributed by atoms with Crippen LogP contribution >= 0.6 is 0 Å². The molecule has 1 saturated heterocycles. The fraction of sp³-hybridized carbons (Fsp3) is 1.00. The maximum Gasteiger partial charge on any atom is 0.00913 e. The first-order valence-corrected chi connectivity index (χ1v) is 4.81. The smallest absolute Gasteiger partial charge is 0.00913 e. The van der Waals surface area contributed by atoms with Gasteiger partial charge in [-0.15, -0.1) is 0 Å². The molecule has 11 heavy (non-hydrogen) atoms. The summed E-state index contributed by atoms with van der Waals surface area (Å²) in [7, 11) is 0. The van der Waals surface area contributed by atoms with Gasteiger partial charge < -0.3 is 11.1 Å². The van der Waals surface area contributed by atoms with Gasteiger partial charge in [-0.1, -0.05) is 19.8 Å². The zero-order valence-electron chi connectivity index (χ0n) is 7.47. The summed E-state index contributed by atoms with van der Waals surface area (Å²) in [6.07, 6.45) is 5.10. The first-order chi connectivity index (χ1) is 5.34. The van der Waals surface area contributed by atoms with Crippen molar-refractivity contribution in [3.8, 4) is 0 Å². The number of hydrogen-bond donors (Lipinski definition) is 2. The molecular formula is C9H20N2. The van der Waals surface area contributed by atoms with E-state index in [0.29, 0.717) is 6.04 Å². The molecule has 0 spiro atoms. The van der Waals surface area contributed by atoms with Crippen LogP contribution in [-0.2, 0) is 0 Å². The van der Waals surface area contributed by atoms with Crippen molar-refractivity contribution >= 4 is 0 Å². The van der Waals surface area contributed by atoms with Crippen molar-refractivity contribution in [2.75, 3.05) is 13.1 Å². The normalized spacial score (nSPS) is 32.2. The Morgan fingerprint density at radius 1 is 1.55 bits per heavy atom. The minimum absolute atomic E-state index is 0.461. The molecule has 66 valence electrons. The lowest BCUT2D eigenvalue weighted by Gasteiger charge is -2.29. The van der Waals surface area contributed by atoms with E-state index in [9.17, 15) is 0 Å². The fourth-order valence-corrected chi connectivity index (χ4v) is 1.73. The maximum absolute atomic E-state index is 5.98. The average Bonchev–Trinajstić information content (AvgIpc) is 2.03. The zero-order chi connectivity index (χ0) is 8.10. The molecule has 0 aromatic rings. The molecule has 0 aromatic heterocycles. The second-order valence-electron chi connectivity index (χ2n) is 3.56. The predicted molar refractivity (Wildman–Crippen MR) is 48.5 cm³/mol. The van der Waals surface area contributed by atoms with Gasteiger partial charge in [0.05, 0.1) is 0 Å². The van der Waals surface area contributed by atoms with Gasteiger partial charge in [0.2, 0.25) is 0 Å². The molecule has 0 bridgehead atoms. The van der Waals surface area contributed by atoms with E-state index in [2.05, 4.69) is 12.2 Å². The molecule has 0 amide bonds. The minimum atomic E-state index is 0.461. The summed E-state index contributed by atoms with van der Waals surface area (Å²) in [4.78, 5) is 0. The molecule has 1 fully saturated rings. The number of unbranched alkanes of at least 4 members (excludes halogenated alkanes) is 1. The maximum atomic E-state index is 5.98. The molecule has 2 nitrogen and oxygen atoms in total. The molecule has 1 heterocycles. The first kappa shape index (κ1) is 9.01. The summed E-state index contributed by atoms with van der Waals surface area (Å²) in [6, 6.07) is 0.461. The topological polar surface area (TPSA) is 38.0 Å². The van der Waals surface area contributed by atoms with Crippen molar-refractivity contribution in [1.82, 2.24) is 5.32 Å². The van der Waals surface area contributed by atoms with Crippen molar-refractivity contribution in [1.29, 1.82) is 0 Å². The third kappa shape index (κ3) is 2.80. The Balaban J connectivity index is 2.18. The van der Waals surface area contributed by atoms with E-state index in [1.807, 2.05) is 0 Å². The van der Waals surface area contributed by atoms with Gasteiger partial charge in [-0.2, -0.15) is 0 Å². The lowest BCUT2D eigenvalue weighted by Crippen LogP contribution is -2.44. The van der Waals surface area contributed by atoms with Crippen LogP contribution in [0.15, 0.2) is 0 Å². The van der Waals surface area contributed by atoms with Gasteiger partial charge in [0.25, 0.3) is 0 Å². The molecular weight excluding hydrogens is 136 g/mol. The lowest BCUT2D eigenvalue weighted by molar-refractivity contribution is 0.303. The average molecular weight is 156 g/mol. The molecule has 3 N–H and O–H groups in total. The first-order valence-electron chi connectivity index (χ1n) is 4.81. The van der Waals surface area contributed by atoms with E-state index in [1.165, 1.54) is 19.3 Å². The molecule has 0 aromatic carbocycles. The Kier molecular flexibility index (Phi) is 3.87. The van der Waals surface area contributed by atoms with Crippen LogP contribution in [0.25, 0.3) is 0 Å². The van der Waals surface area contributed by atoms with Crippen molar-refractivity contribution in [2.45, 2.75) is 38.6 Å². The summed E-state index contributed by atoms with van der Waals surface area (Å²) >= 11 is 0. The highest BCUT2D eigenvalue weighted by molar-refractivity contribution is 4.80. The predicted octanol–water partition coefficient (Wildman–Crippen LogP) is 1.11. The second kappa shape index (κ2) is 4.73. The minimum Gasteiger partial charge on any atom is -0.327 e. The lowest BCUT2D eigenvalue weighted by atomic mass is 9.90. The summed E-state index contributed by atoms with van der Waals surface area (Å²) in [5, 5.41) is 3.39. The van der Waals surface area contributed by atoms with Crippen molar-refractivity contribution in [3.05, 3.63) is 0 Å². The molecule has 1 rings (SSSR count). The number of nitrogens with one attached hydrogen (secondary N) is 1. The summed E-state index contributed by atoms with van der Waals surface area (Å²) < 4.78 is 0. The van der Waals surface area contributed by atoms with Gasteiger partial charge in [0.1, 0.15) is 0 Å². The van der Waals surface area contributed by atoms with Crippen molar-refractivity contribution in [2.24, 2.45) is 11.7 Å². The highest BCUT2D eigenvalue weighted by Gasteiger charge is 2.20. The van der Waals surface area contributed by atoms with Crippen LogP contribution in [0, 0.1) is 5.92 Å². The Morgan fingerprint density at radius 2 is 2.36 bits per heavy atom. The quantitative estimate of drug-likeness (QED) is 0.642. The zero-order valence-corrected chi connectivity index (χ0v) is 7.47. The molecule has 2 unspecified atom stereocenters. The van der Waals surface area contributed by atoms with E-state index in [4.69, 9.17) is 5.73 Å². The van der Waals surface area contributed by atoms with Gasteiger partial charge >= 0.3 is 0 Å². The Bertz CT molecular complexity index is 104. The third-order valence-electron chi connectivity index (χ3n) is 2.59. The molecule has 2 heteroatoms. The number of piperidine rings is 1. The van der Waals surface area contributed by atoms with E-state index >= 15 is 0 Å². The van der Waals surface area contributed by atoms with E-state index in [0.717, 1.165) is 25.4 Å². The molecule has 1 aliphatic rings. The van der Waals surface area contributed by atoms with Gasteiger partial charge in [-0.05, 0) is 31.8 Å². The number of hydrogen-bond acceptors (Lipinski definition) is 2. The van der Waals surface area contributed by atoms with Gasteiger partial charge in [0.15, 0.2) is 0 Å². The van der Waals surface area contributed by atoms with E-state index in [-0.39, 0.29) is 0 Å². The van der Waals surface area contributed by atoms with Crippen LogP contribution in [0.4, 0.5) is 0 Å².